The molecule has 0 aliphatic heterocycles. The van der Waals surface area contributed by atoms with Gasteiger partial charge in [0.25, 0.3) is 0 Å². The van der Waals surface area contributed by atoms with Gasteiger partial charge in [-0.05, 0) is 30.5 Å². The molecule has 1 N–H and O–H groups in total. The Morgan fingerprint density at radius 1 is 1.22 bits per heavy atom. The fourth-order valence-corrected chi connectivity index (χ4v) is 2.45. The Hall–Kier alpha value is -0.280. The van der Waals surface area contributed by atoms with E-state index in [9.17, 15) is 0 Å². The number of nitrogens with one attached hydrogen (secondary N) is 1. The summed E-state index contributed by atoms with van der Waals surface area (Å²) in [6, 6.07) is 6.07. The van der Waals surface area contributed by atoms with Crippen LogP contribution >= 0.6 is 23.2 Å². The summed E-state index contributed by atoms with van der Waals surface area (Å²) in [5, 5.41) is 4.90. The van der Waals surface area contributed by atoms with Gasteiger partial charge in [0, 0.05) is 29.2 Å². The number of ether oxygens (including phenoxy) is 1. The molecule has 0 aromatic heterocycles. The molecule has 2 nitrogen and oxygen atoms in total. The Morgan fingerprint density at radius 2 is 1.89 bits per heavy atom. The minimum Gasteiger partial charge on any atom is -0.383 e. The van der Waals surface area contributed by atoms with Crippen LogP contribution in [0.2, 0.25) is 10.0 Å². The van der Waals surface area contributed by atoms with Gasteiger partial charge in [-0.15, -0.1) is 0 Å². The Morgan fingerprint density at radius 3 is 2.39 bits per heavy atom. The van der Waals surface area contributed by atoms with Crippen LogP contribution in [0.5, 0.6) is 0 Å². The van der Waals surface area contributed by atoms with E-state index >= 15 is 0 Å². The standard InChI is InChI=1S/C14H21Cl2NO/c1-9(2)14(8-18-4)17-10(3)12-6-5-11(15)7-13(12)16/h5-7,9-10,14,17H,8H2,1-4H3. The van der Waals surface area contributed by atoms with E-state index in [-0.39, 0.29) is 6.04 Å². The van der Waals surface area contributed by atoms with Gasteiger partial charge in [-0.2, -0.15) is 0 Å². The highest BCUT2D eigenvalue weighted by molar-refractivity contribution is 6.35. The fraction of sp³-hybridized carbons (Fsp3) is 0.571. The molecule has 0 aliphatic carbocycles. The second-order valence-corrected chi connectivity index (χ2v) is 5.70. The molecule has 0 radical (unpaired) electrons. The van der Waals surface area contributed by atoms with Crippen molar-refractivity contribution in [1.82, 2.24) is 5.32 Å². The Bertz CT molecular complexity index is 382. The molecule has 0 fully saturated rings. The van der Waals surface area contributed by atoms with Crippen LogP contribution in [0.25, 0.3) is 0 Å². The number of methoxy groups -OCH3 is 1. The maximum absolute atomic E-state index is 6.21. The van der Waals surface area contributed by atoms with Crippen molar-refractivity contribution in [2.75, 3.05) is 13.7 Å². The van der Waals surface area contributed by atoms with Gasteiger partial charge in [0.05, 0.1) is 6.61 Å². The highest BCUT2D eigenvalue weighted by Crippen LogP contribution is 2.26. The summed E-state index contributed by atoms with van der Waals surface area (Å²) in [5.74, 6) is 0.499. The summed E-state index contributed by atoms with van der Waals surface area (Å²) in [6.45, 7) is 7.13. The van der Waals surface area contributed by atoms with E-state index in [4.69, 9.17) is 27.9 Å². The highest BCUT2D eigenvalue weighted by atomic mass is 35.5. The van der Waals surface area contributed by atoms with E-state index in [2.05, 4.69) is 26.1 Å². The molecule has 1 rings (SSSR count). The summed E-state index contributed by atoms with van der Waals surface area (Å²) in [5.41, 5.74) is 1.06. The second-order valence-electron chi connectivity index (χ2n) is 4.86. The van der Waals surface area contributed by atoms with Crippen LogP contribution in [0.4, 0.5) is 0 Å². The summed E-state index contributed by atoms with van der Waals surface area (Å²) >= 11 is 12.1. The maximum atomic E-state index is 6.21. The third-order valence-electron chi connectivity index (χ3n) is 3.04. The van der Waals surface area contributed by atoms with Crippen LogP contribution < -0.4 is 5.32 Å². The zero-order valence-corrected chi connectivity index (χ0v) is 12.8. The van der Waals surface area contributed by atoms with E-state index in [1.807, 2.05) is 12.1 Å². The smallest absolute Gasteiger partial charge is 0.0618 e. The SMILES string of the molecule is COCC(NC(C)c1ccc(Cl)cc1Cl)C(C)C. The fourth-order valence-electron chi connectivity index (χ4n) is 1.88. The third kappa shape index (κ3) is 4.43. The lowest BCUT2D eigenvalue weighted by Crippen LogP contribution is -2.39. The predicted molar refractivity (Wildman–Crippen MR) is 78.5 cm³/mol. The molecule has 0 amide bonds. The van der Waals surface area contributed by atoms with Gasteiger partial charge in [-0.25, -0.2) is 0 Å². The van der Waals surface area contributed by atoms with Gasteiger partial charge in [0.2, 0.25) is 0 Å². The topological polar surface area (TPSA) is 21.3 Å². The molecule has 0 spiro atoms. The van der Waals surface area contributed by atoms with Gasteiger partial charge in [-0.3, -0.25) is 0 Å². The van der Waals surface area contributed by atoms with Crippen LogP contribution in [0.3, 0.4) is 0 Å². The molecule has 18 heavy (non-hydrogen) atoms. The van der Waals surface area contributed by atoms with Crippen molar-refractivity contribution in [3.05, 3.63) is 33.8 Å². The van der Waals surface area contributed by atoms with Crippen molar-refractivity contribution in [3.8, 4) is 0 Å². The Balaban J connectivity index is 2.76. The Labute approximate surface area is 120 Å². The van der Waals surface area contributed by atoms with Crippen LogP contribution in [0, 0.1) is 5.92 Å². The molecule has 0 bridgehead atoms. The molecule has 102 valence electrons. The molecular weight excluding hydrogens is 269 g/mol. The first-order valence-corrected chi connectivity index (χ1v) is 6.91. The lowest BCUT2D eigenvalue weighted by molar-refractivity contribution is 0.141. The molecule has 0 heterocycles. The first-order chi connectivity index (χ1) is 8.45. The first kappa shape index (κ1) is 15.8. The van der Waals surface area contributed by atoms with Gasteiger partial charge in [-0.1, -0.05) is 43.1 Å². The highest BCUT2D eigenvalue weighted by Gasteiger charge is 2.18. The quantitative estimate of drug-likeness (QED) is 0.842. The molecule has 2 atom stereocenters. The van der Waals surface area contributed by atoms with Crippen LogP contribution in [-0.2, 0) is 4.74 Å². The molecule has 0 aliphatic rings. The number of hydrogen-bond acceptors (Lipinski definition) is 2. The van der Waals surface area contributed by atoms with E-state index in [1.54, 1.807) is 13.2 Å². The average Bonchev–Trinajstić information content (AvgIpc) is 2.27. The monoisotopic (exact) mass is 289 g/mol. The van der Waals surface area contributed by atoms with Crippen molar-refractivity contribution in [1.29, 1.82) is 0 Å². The lowest BCUT2D eigenvalue weighted by atomic mass is 10.0. The van der Waals surface area contributed by atoms with E-state index in [0.29, 0.717) is 28.6 Å². The van der Waals surface area contributed by atoms with E-state index in [1.165, 1.54) is 0 Å². The molecule has 0 saturated carbocycles. The Kier molecular flexibility index (Phi) is 6.44. The summed E-state index contributed by atoms with van der Waals surface area (Å²) < 4.78 is 5.23. The molecule has 4 heteroatoms. The maximum Gasteiger partial charge on any atom is 0.0618 e. The number of halogens is 2. The molecular formula is C14H21Cl2NO. The minimum atomic E-state index is 0.164. The van der Waals surface area contributed by atoms with Crippen molar-refractivity contribution < 1.29 is 4.74 Å². The predicted octanol–water partition coefficient (Wildman–Crippen LogP) is 4.32. The van der Waals surface area contributed by atoms with Gasteiger partial charge in [0.15, 0.2) is 0 Å². The van der Waals surface area contributed by atoms with Crippen molar-refractivity contribution in [3.63, 3.8) is 0 Å². The first-order valence-electron chi connectivity index (χ1n) is 6.15. The van der Waals surface area contributed by atoms with Crippen molar-refractivity contribution in [2.45, 2.75) is 32.9 Å². The van der Waals surface area contributed by atoms with E-state index in [0.717, 1.165) is 5.56 Å². The third-order valence-corrected chi connectivity index (χ3v) is 3.61. The van der Waals surface area contributed by atoms with Gasteiger partial charge in [0.1, 0.15) is 0 Å². The molecule has 1 aromatic rings. The molecule has 1 aromatic carbocycles. The molecule has 0 saturated heterocycles. The number of hydrogen-bond donors (Lipinski definition) is 1. The van der Waals surface area contributed by atoms with Crippen LogP contribution in [0.15, 0.2) is 18.2 Å². The minimum absolute atomic E-state index is 0.164. The van der Waals surface area contributed by atoms with Crippen LogP contribution in [-0.4, -0.2) is 19.8 Å². The molecule has 2 unspecified atom stereocenters. The largest absolute Gasteiger partial charge is 0.383 e. The van der Waals surface area contributed by atoms with E-state index < -0.39 is 0 Å². The zero-order valence-electron chi connectivity index (χ0n) is 11.3. The normalized spacial score (nSPS) is 14.8. The average molecular weight is 290 g/mol. The van der Waals surface area contributed by atoms with Crippen LogP contribution in [0.1, 0.15) is 32.4 Å². The zero-order chi connectivity index (χ0) is 13.7. The van der Waals surface area contributed by atoms with Gasteiger partial charge >= 0.3 is 0 Å². The number of benzene rings is 1. The second kappa shape index (κ2) is 7.34. The summed E-state index contributed by atoms with van der Waals surface area (Å²) in [7, 11) is 1.72. The summed E-state index contributed by atoms with van der Waals surface area (Å²) in [4.78, 5) is 0. The van der Waals surface area contributed by atoms with Crippen molar-refractivity contribution in [2.24, 2.45) is 5.92 Å². The number of rotatable bonds is 6. The van der Waals surface area contributed by atoms with Crippen molar-refractivity contribution >= 4 is 23.2 Å². The lowest BCUT2D eigenvalue weighted by Gasteiger charge is -2.26. The summed E-state index contributed by atoms with van der Waals surface area (Å²) in [6.07, 6.45) is 0. The van der Waals surface area contributed by atoms with Gasteiger partial charge < -0.3 is 10.1 Å².